The molecule has 0 aliphatic rings. The molecule has 0 saturated heterocycles. The van der Waals surface area contributed by atoms with E-state index >= 15 is 0 Å². The predicted molar refractivity (Wildman–Crippen MR) is 98.0 cm³/mol. The molecule has 4 nitrogen and oxygen atoms in total. The zero-order valence-corrected chi connectivity index (χ0v) is 16.7. The van der Waals surface area contributed by atoms with Crippen LogP contribution in [0.3, 0.4) is 0 Å². The van der Waals surface area contributed by atoms with E-state index in [2.05, 4.69) is 28.4 Å². The van der Waals surface area contributed by atoms with Crippen LogP contribution in [0.1, 0.15) is 0 Å². The van der Waals surface area contributed by atoms with Gasteiger partial charge in [-0.3, -0.25) is 0 Å². The fourth-order valence-corrected chi connectivity index (χ4v) is 4.08. The van der Waals surface area contributed by atoms with Gasteiger partial charge < -0.3 is 8.74 Å². The molecule has 0 radical (unpaired) electrons. The molecule has 0 aliphatic carbocycles. The monoisotopic (exact) mass is 370 g/mol. The molecule has 0 spiro atoms. The summed E-state index contributed by atoms with van der Waals surface area (Å²) in [4.78, 5) is 0. The van der Waals surface area contributed by atoms with Gasteiger partial charge in [-0.1, -0.05) is 48.5 Å². The first-order valence-electron chi connectivity index (χ1n) is 7.76. The number of hydrogen-bond donors (Lipinski definition) is 0. The maximum Gasteiger partial charge on any atom is 1.00 e. The van der Waals surface area contributed by atoms with Gasteiger partial charge in [0.15, 0.2) is 0 Å². The largest absolute Gasteiger partial charge is 1.00 e. The molecule has 5 aromatic carbocycles. The van der Waals surface area contributed by atoms with Crippen LogP contribution in [-0.4, -0.2) is 13.0 Å². The molecule has 5 rings (SSSR count). The van der Waals surface area contributed by atoms with Gasteiger partial charge in [-0.05, 0) is 50.5 Å². The van der Waals surface area contributed by atoms with Crippen LogP contribution < -0.4 is 33.7 Å². The summed E-state index contributed by atoms with van der Waals surface area (Å²) in [5, 5.41) is 7.97. The van der Waals surface area contributed by atoms with E-state index in [0.717, 1.165) is 37.7 Å². The Balaban J connectivity index is 0.00000168. The maximum atomic E-state index is 11.1. The summed E-state index contributed by atoms with van der Waals surface area (Å²) in [6.07, 6.45) is 0. The van der Waals surface area contributed by atoms with Crippen molar-refractivity contribution in [2.75, 3.05) is 0 Å². The van der Waals surface area contributed by atoms with Crippen molar-refractivity contribution in [3.63, 3.8) is 0 Å². The number of hydrogen-bond acceptors (Lipinski definition) is 4. The molecule has 0 fully saturated rings. The summed E-state index contributed by atoms with van der Waals surface area (Å²) in [6.45, 7) is 0. The van der Waals surface area contributed by atoms with E-state index in [-0.39, 0.29) is 35.3 Å². The second-order valence-corrected chi connectivity index (χ2v) is 7.06. The van der Waals surface area contributed by atoms with Gasteiger partial charge >= 0.3 is 29.6 Å². The number of fused-ring (bicyclic) bond motifs is 2. The first-order valence-corrected chi connectivity index (χ1v) is 9.09. The minimum atomic E-state index is -4.83. The minimum absolute atomic E-state index is 0. The molecular formula is C20H11NaO4S. The normalized spacial score (nSPS) is 12.0. The van der Waals surface area contributed by atoms with Crippen LogP contribution in [0.25, 0.3) is 43.1 Å². The number of rotatable bonds is 2. The maximum absolute atomic E-state index is 11.1. The Morgan fingerprint density at radius 3 is 2.15 bits per heavy atom. The molecule has 0 amide bonds. The molecule has 0 N–H and O–H groups in total. The van der Waals surface area contributed by atoms with Crippen molar-refractivity contribution in [2.45, 2.75) is 0 Å². The fraction of sp³-hybridized carbons (Fsp3) is 0. The average Bonchev–Trinajstić information content (AvgIpc) is 2.59. The van der Waals surface area contributed by atoms with Crippen LogP contribution in [0.15, 0.2) is 66.7 Å². The van der Waals surface area contributed by atoms with E-state index in [4.69, 9.17) is 0 Å². The zero-order chi connectivity index (χ0) is 17.2. The molecule has 0 aliphatic heterocycles. The summed E-state index contributed by atoms with van der Waals surface area (Å²) in [5.41, 5.74) is 0. The fourth-order valence-electron chi connectivity index (χ4n) is 3.71. The van der Waals surface area contributed by atoms with Gasteiger partial charge in [0.2, 0.25) is 0 Å². The Kier molecular flexibility index (Phi) is 4.10. The Labute approximate surface area is 172 Å². The second-order valence-electron chi connectivity index (χ2n) is 6.08. The molecule has 6 heteroatoms. The minimum Gasteiger partial charge on any atom is -0.716 e. The summed E-state index contributed by atoms with van der Waals surface area (Å²) >= 11 is 0. The van der Waals surface area contributed by atoms with E-state index in [0.29, 0.717) is 5.39 Å². The predicted octanol–water partition coefficient (Wildman–Crippen LogP) is 1.58. The summed E-state index contributed by atoms with van der Waals surface area (Å²) in [6, 6.07) is 21.4. The zero-order valence-electron chi connectivity index (χ0n) is 13.9. The smallest absolute Gasteiger partial charge is 0.716 e. The third-order valence-electron chi connectivity index (χ3n) is 4.66. The quantitative estimate of drug-likeness (QED) is 0.156. The molecule has 0 unspecified atom stereocenters. The molecule has 0 atom stereocenters. The molecule has 0 heterocycles. The van der Waals surface area contributed by atoms with Gasteiger partial charge in [0.1, 0.15) is 5.75 Å². The molecular weight excluding hydrogens is 359 g/mol. The SMILES string of the molecule is O=S(=O)([O-])Oc1ccc2ccc3c4ccccc4cc4ccc1c2c43.[Na+]. The Morgan fingerprint density at radius 1 is 0.692 bits per heavy atom. The van der Waals surface area contributed by atoms with Crippen molar-refractivity contribution >= 4 is 53.5 Å². The van der Waals surface area contributed by atoms with E-state index in [9.17, 15) is 13.0 Å². The molecule has 0 aromatic heterocycles. The Hall–Kier alpha value is -1.89. The van der Waals surface area contributed by atoms with E-state index < -0.39 is 10.4 Å². The van der Waals surface area contributed by atoms with Crippen LogP contribution in [-0.2, 0) is 10.4 Å². The van der Waals surface area contributed by atoms with Crippen LogP contribution in [0, 0.1) is 0 Å². The van der Waals surface area contributed by atoms with Crippen molar-refractivity contribution < 1.29 is 46.7 Å². The van der Waals surface area contributed by atoms with E-state index in [1.807, 2.05) is 24.3 Å². The van der Waals surface area contributed by atoms with E-state index in [1.165, 1.54) is 6.07 Å². The van der Waals surface area contributed by atoms with Crippen molar-refractivity contribution in [1.82, 2.24) is 0 Å². The van der Waals surface area contributed by atoms with E-state index in [1.54, 1.807) is 12.1 Å². The summed E-state index contributed by atoms with van der Waals surface area (Å²) < 4.78 is 37.8. The van der Waals surface area contributed by atoms with Gasteiger partial charge in [-0.15, -0.1) is 0 Å². The molecule has 0 bridgehead atoms. The second kappa shape index (κ2) is 6.08. The number of benzene rings is 5. The van der Waals surface area contributed by atoms with Gasteiger partial charge in [-0.25, -0.2) is 8.42 Å². The first-order chi connectivity index (χ1) is 12.0. The van der Waals surface area contributed by atoms with Gasteiger partial charge in [0.25, 0.3) is 10.4 Å². The van der Waals surface area contributed by atoms with Crippen LogP contribution >= 0.6 is 0 Å². The van der Waals surface area contributed by atoms with Crippen molar-refractivity contribution in [1.29, 1.82) is 0 Å². The third-order valence-corrected chi connectivity index (χ3v) is 5.04. The third kappa shape index (κ3) is 2.64. The van der Waals surface area contributed by atoms with Crippen LogP contribution in [0.4, 0.5) is 0 Å². The Bertz CT molecular complexity index is 1390. The Morgan fingerprint density at radius 2 is 1.35 bits per heavy atom. The standard InChI is InChI=1S/C20H12O4S.Na/c21-25(22,23)24-18-10-7-12-5-8-16-15-4-2-1-3-13(15)11-14-6-9-17(18)19(12)20(14)16;/h1-11H,(H,21,22,23);/q;+1/p-1. The van der Waals surface area contributed by atoms with Crippen LogP contribution in [0.5, 0.6) is 5.75 Å². The van der Waals surface area contributed by atoms with Crippen molar-refractivity contribution in [3.8, 4) is 5.75 Å². The van der Waals surface area contributed by atoms with Crippen LogP contribution in [0.2, 0.25) is 0 Å². The first kappa shape index (κ1) is 17.5. The van der Waals surface area contributed by atoms with Gasteiger partial charge in [0, 0.05) is 10.8 Å². The van der Waals surface area contributed by atoms with Gasteiger partial charge in [-0.2, -0.15) is 0 Å². The summed E-state index contributed by atoms with van der Waals surface area (Å²) in [5.74, 6) is 0.0602. The molecule has 0 saturated carbocycles. The van der Waals surface area contributed by atoms with Gasteiger partial charge in [0.05, 0.1) is 0 Å². The summed E-state index contributed by atoms with van der Waals surface area (Å²) in [7, 11) is -4.83. The molecule has 26 heavy (non-hydrogen) atoms. The van der Waals surface area contributed by atoms with Crippen molar-refractivity contribution in [2.24, 2.45) is 0 Å². The molecule has 5 aromatic rings. The topological polar surface area (TPSA) is 66.4 Å². The molecule has 122 valence electrons. The van der Waals surface area contributed by atoms with Crippen molar-refractivity contribution in [3.05, 3.63) is 66.7 Å². The average molecular weight is 370 g/mol.